The van der Waals surface area contributed by atoms with Crippen molar-refractivity contribution in [3.8, 4) is 6.07 Å². The molecule has 20 atom stereocenters. The number of ether oxygens (including phenoxy) is 10. The second kappa shape index (κ2) is 19.8. The van der Waals surface area contributed by atoms with Crippen molar-refractivity contribution in [3.63, 3.8) is 0 Å². The van der Waals surface area contributed by atoms with Gasteiger partial charge in [-0.3, -0.25) is 4.79 Å². The molecule has 0 aromatic rings. The van der Waals surface area contributed by atoms with Crippen LogP contribution in [0.25, 0.3) is 0 Å². The number of nitrogens with zero attached hydrogens (tertiary/aromatic N) is 1. The van der Waals surface area contributed by atoms with E-state index < -0.39 is 102 Å². The summed E-state index contributed by atoms with van der Waals surface area (Å²) < 4.78 is 63.9. The molecule has 356 valence electrons. The largest absolute Gasteiger partial charge is 0.462 e. The number of hydrogen-bond donors (Lipinski definition) is 3. The first-order chi connectivity index (χ1) is 30.4. The molecule has 0 amide bonds. The molecule has 0 aromatic carbocycles. The lowest BCUT2D eigenvalue weighted by Gasteiger charge is -2.48. The number of allylic oxidation sites excluding steroid dienone is 2. The molecule has 1 aliphatic carbocycles. The number of aliphatic hydroxyl groups is 2. The minimum Gasteiger partial charge on any atom is -0.462 e. The summed E-state index contributed by atoms with van der Waals surface area (Å²) in [5.74, 6) is -2.62. The summed E-state index contributed by atoms with van der Waals surface area (Å²) in [7, 11) is 3.16. The number of aliphatic hydroxyl groups excluding tert-OH is 1. The lowest BCUT2D eigenvalue weighted by Crippen LogP contribution is -2.64. The molecule has 64 heavy (non-hydrogen) atoms. The third-order valence-electron chi connectivity index (χ3n) is 15.0. The molecule has 7 aliphatic rings. The van der Waals surface area contributed by atoms with Crippen LogP contribution in [0.5, 0.6) is 0 Å². The molecule has 4 N–H and O–H groups in total. The fraction of sp³-hybridized carbons (Fsp3) is 0.755. The van der Waals surface area contributed by atoms with Crippen LogP contribution >= 0.6 is 0 Å². The van der Waals surface area contributed by atoms with E-state index in [0.717, 1.165) is 12.0 Å². The zero-order valence-corrected chi connectivity index (χ0v) is 39.2. The summed E-state index contributed by atoms with van der Waals surface area (Å²) in [5.41, 5.74) is 5.16. The van der Waals surface area contributed by atoms with Gasteiger partial charge in [-0.05, 0) is 62.8 Å². The van der Waals surface area contributed by atoms with Gasteiger partial charge in [0.05, 0.1) is 55.4 Å². The third kappa shape index (κ3) is 9.50. The van der Waals surface area contributed by atoms with Crippen LogP contribution < -0.4 is 5.73 Å². The Labute approximate surface area is 378 Å². The van der Waals surface area contributed by atoms with Gasteiger partial charge in [0.1, 0.15) is 35.9 Å². The van der Waals surface area contributed by atoms with Crippen molar-refractivity contribution in [1.82, 2.24) is 0 Å². The molecule has 0 saturated carbocycles. The van der Waals surface area contributed by atoms with Crippen LogP contribution in [0.15, 0.2) is 59.3 Å². The van der Waals surface area contributed by atoms with E-state index >= 15 is 0 Å². The van der Waals surface area contributed by atoms with Gasteiger partial charge in [0.15, 0.2) is 23.9 Å². The molecule has 2 bridgehead atoms. The number of nitrogens with two attached hydrogens (primary N) is 1. The molecule has 15 nitrogen and oxygen atoms in total. The summed E-state index contributed by atoms with van der Waals surface area (Å²) >= 11 is 0. The van der Waals surface area contributed by atoms with Gasteiger partial charge < -0.3 is 63.3 Å². The fourth-order valence-corrected chi connectivity index (χ4v) is 10.8. The van der Waals surface area contributed by atoms with Gasteiger partial charge in [0.25, 0.3) is 0 Å². The predicted molar refractivity (Wildman–Crippen MR) is 234 cm³/mol. The lowest BCUT2D eigenvalue weighted by atomic mass is 9.71. The Balaban J connectivity index is 1.18. The highest BCUT2D eigenvalue weighted by Crippen LogP contribution is 2.47. The van der Waals surface area contributed by atoms with Gasteiger partial charge in [-0.2, -0.15) is 5.26 Å². The van der Waals surface area contributed by atoms with Crippen LogP contribution in [0.4, 0.5) is 0 Å². The first-order valence-corrected chi connectivity index (χ1v) is 23.3. The number of rotatable bonds is 8. The highest BCUT2D eigenvalue weighted by atomic mass is 16.7. The van der Waals surface area contributed by atoms with Gasteiger partial charge in [-0.25, -0.2) is 0 Å². The van der Waals surface area contributed by atoms with Gasteiger partial charge in [0, 0.05) is 51.7 Å². The summed E-state index contributed by atoms with van der Waals surface area (Å²) in [6, 6.07) is 2.16. The van der Waals surface area contributed by atoms with E-state index in [0.29, 0.717) is 30.4 Å². The summed E-state index contributed by atoms with van der Waals surface area (Å²) in [6.45, 7) is 16.0. The molecule has 4 fully saturated rings. The number of methoxy groups -OCH3 is 2. The summed E-state index contributed by atoms with van der Waals surface area (Å²) in [4.78, 5) is 14.4. The Morgan fingerprint density at radius 2 is 1.73 bits per heavy atom. The minimum atomic E-state index is -1.85. The zero-order chi connectivity index (χ0) is 46.3. The van der Waals surface area contributed by atoms with E-state index in [1.807, 2.05) is 32.1 Å². The molecule has 15 heteroatoms. The van der Waals surface area contributed by atoms with Gasteiger partial charge >= 0.3 is 5.97 Å². The first-order valence-electron chi connectivity index (χ1n) is 23.3. The van der Waals surface area contributed by atoms with Crippen LogP contribution in [0.1, 0.15) is 93.9 Å². The van der Waals surface area contributed by atoms with Crippen LogP contribution in [0.3, 0.4) is 0 Å². The first kappa shape index (κ1) is 49.1. The van der Waals surface area contributed by atoms with Gasteiger partial charge in [0.2, 0.25) is 0 Å². The number of esters is 1. The smallest absolute Gasteiger partial charge is 0.316 e. The number of carbonyl (C=O) groups is 1. The van der Waals surface area contributed by atoms with Crippen LogP contribution in [-0.2, 0) is 52.2 Å². The van der Waals surface area contributed by atoms with Crippen molar-refractivity contribution >= 4 is 5.97 Å². The van der Waals surface area contributed by atoms with Crippen molar-refractivity contribution in [2.24, 2.45) is 29.4 Å². The Morgan fingerprint density at radius 1 is 0.984 bits per heavy atom. The number of carbonyl (C=O) groups excluding carboxylic acids is 1. The zero-order valence-electron chi connectivity index (χ0n) is 39.2. The molecule has 4 saturated heterocycles. The monoisotopic (exact) mass is 897 g/mol. The average molecular weight is 897 g/mol. The Bertz CT molecular complexity index is 1880. The maximum Gasteiger partial charge on any atom is 0.316 e. The van der Waals surface area contributed by atoms with Crippen LogP contribution in [0.2, 0.25) is 0 Å². The number of hydrogen-bond acceptors (Lipinski definition) is 15. The van der Waals surface area contributed by atoms with E-state index in [1.165, 1.54) is 7.11 Å². The maximum atomic E-state index is 14.4. The van der Waals surface area contributed by atoms with E-state index in [-0.39, 0.29) is 43.3 Å². The Kier molecular flexibility index (Phi) is 15.2. The molecule has 3 unspecified atom stereocenters. The molecule has 0 aromatic heterocycles. The van der Waals surface area contributed by atoms with Crippen molar-refractivity contribution in [2.75, 3.05) is 20.8 Å². The van der Waals surface area contributed by atoms with Crippen LogP contribution in [-0.4, -0.2) is 134 Å². The summed E-state index contributed by atoms with van der Waals surface area (Å²) in [6.07, 6.45) is 8.39. The van der Waals surface area contributed by atoms with Crippen molar-refractivity contribution in [2.45, 2.75) is 191 Å². The summed E-state index contributed by atoms with van der Waals surface area (Å²) in [5, 5.41) is 33.6. The standard InChI is InChI=1S/C49H72N2O13/c1-11-26(2)43-29(5)17-18-47(64-43)23-35-20-34(63-47)16-15-28(4)42(27(3)13-12-14-33-24-57-45-41(52)30(6)19-36(46(53)60-35)49(33,45)54)61-39-21-37(55-9)44(31(7)58-39)62-40-22-38(56-10)48(51,25-50)32(8)59-40/h12-15,17-19,26-27,29,31-32,34-45,52,54H,11,16,20-24,51H2,1-10H3/b13-12+,28-15+,33-14+/t26?,27-,29-,31-,32-,34+,35-,36-,37-,38-,39?,40-,41+,42-,43+,44-,45?,47+,48+,49+/m0/s1. The fourth-order valence-electron chi connectivity index (χ4n) is 10.8. The molecule has 0 radical (unpaired) electrons. The van der Waals surface area contributed by atoms with E-state index in [1.54, 1.807) is 33.1 Å². The second-order valence-corrected chi connectivity index (χ2v) is 19.4. The average Bonchev–Trinajstić information content (AvgIpc) is 3.61. The molecule has 6 aliphatic heterocycles. The molecule has 7 rings (SSSR count). The minimum absolute atomic E-state index is 0.0226. The number of nitriles is 1. The normalized spacial score (nSPS) is 49.0. The Hall–Kier alpha value is -2.82. The van der Waals surface area contributed by atoms with E-state index in [9.17, 15) is 20.3 Å². The topological polar surface area (TPSA) is 200 Å². The SMILES string of the molecule is CCC(C)[C@H]1O[C@]2(C=C[C@@H]1C)C[C@@H]1C[C@@H](C/C=C(\C)[C@@H](OC3C[C@H](OC)[C@@H](O[C@H]4C[C@H](OC)[C@@](N)(C#N)[C@H](C)O4)[C@H](C)O3)[C@@H](C)/C=C/C=C3\COC4[C@H](O)C(C)=C[C@@H](C(=O)O1)[C@]34O)O2. The van der Waals surface area contributed by atoms with Gasteiger partial charge in [-0.1, -0.05) is 70.6 Å². The quantitative estimate of drug-likeness (QED) is 0.211. The highest BCUT2D eigenvalue weighted by molar-refractivity contribution is 5.78. The van der Waals surface area contributed by atoms with E-state index in [2.05, 4.69) is 45.9 Å². The van der Waals surface area contributed by atoms with Crippen molar-refractivity contribution in [3.05, 3.63) is 59.3 Å². The molecule has 6 heterocycles. The highest BCUT2D eigenvalue weighted by Gasteiger charge is 2.60. The van der Waals surface area contributed by atoms with Gasteiger partial charge in [-0.15, -0.1) is 0 Å². The van der Waals surface area contributed by atoms with E-state index in [4.69, 9.17) is 53.1 Å². The maximum absolute atomic E-state index is 14.4. The molecular formula is C49H72N2O13. The second-order valence-electron chi connectivity index (χ2n) is 19.4. The predicted octanol–water partition coefficient (Wildman–Crippen LogP) is 5.24. The van der Waals surface area contributed by atoms with Crippen LogP contribution in [0, 0.1) is 35.0 Å². The molecular weight excluding hydrogens is 825 g/mol. The van der Waals surface area contributed by atoms with Crippen molar-refractivity contribution < 1.29 is 62.4 Å². The molecule has 1 spiro atoms. The number of fused-ring (bicyclic) bond motifs is 2. The lowest BCUT2D eigenvalue weighted by molar-refractivity contribution is -0.314. The van der Waals surface area contributed by atoms with Crippen molar-refractivity contribution in [1.29, 1.82) is 5.26 Å². The Morgan fingerprint density at radius 3 is 2.44 bits per heavy atom. The third-order valence-corrected chi connectivity index (χ3v) is 15.0.